The van der Waals surface area contributed by atoms with Gasteiger partial charge in [-0.25, -0.2) is 0 Å². The third-order valence-electron chi connectivity index (χ3n) is 13.6. The number of rotatable bonds is 15. The average Bonchev–Trinajstić information content (AvgIpc) is 3.96. The van der Waals surface area contributed by atoms with Crippen LogP contribution in [0.4, 0.5) is 22.7 Å². The van der Waals surface area contributed by atoms with Gasteiger partial charge in [-0.15, -0.1) is 0 Å². The SMILES string of the molecule is Cc1cc(C)c(N2CCN(c3ccccc3Oc3ccccc3)C2[NH][Zr]([NH]C2N(c3ccccc3Oc3ccccc3)CCN2c2c(C)cc(C)cc2C)[CH](c2ccccc2)c2ccccc2)c(C)c1. The summed E-state index contributed by atoms with van der Waals surface area (Å²) in [6.07, 6.45) is -0.449. The number of para-hydroxylation sites is 6. The van der Waals surface area contributed by atoms with E-state index >= 15 is 0 Å². The molecule has 2 unspecified atom stereocenters. The van der Waals surface area contributed by atoms with E-state index in [0.717, 1.165) is 60.6 Å². The molecule has 0 saturated carbocycles. The molecular weight excluding hydrogens is 940 g/mol. The average molecular weight is 1000 g/mol. The summed E-state index contributed by atoms with van der Waals surface area (Å²) >= 11 is -3.47. The molecule has 2 N–H and O–H groups in total. The van der Waals surface area contributed by atoms with Crippen LogP contribution in [0, 0.1) is 41.5 Å². The van der Waals surface area contributed by atoms with E-state index in [1.54, 1.807) is 0 Å². The first-order chi connectivity index (χ1) is 34.2. The van der Waals surface area contributed by atoms with Crippen molar-refractivity contribution in [1.82, 2.24) is 6.52 Å². The standard InChI is InChI=1S/2C24H26N3O.C13H11.Zr/c2*1-17-15-18(2)23(19(3)16-17)27-14-13-26(24(27)25)21-11-7-8-12-22(21)28-20-9-5-4-6-10-20;1-3-7-12(8-4-1)11-13-9-5-2-6-10-13;/h2*4-12,15-16,24-25H,13-14H2,1-3H3;1-11H;/q2*-1;;+2. The van der Waals surface area contributed by atoms with E-state index < -0.39 is 22.3 Å². The van der Waals surface area contributed by atoms with Crippen molar-refractivity contribution in [3.05, 3.63) is 239 Å². The van der Waals surface area contributed by atoms with Crippen molar-refractivity contribution < 1.29 is 31.8 Å². The zero-order valence-corrected chi connectivity index (χ0v) is 43.6. The zero-order chi connectivity index (χ0) is 48.1. The summed E-state index contributed by atoms with van der Waals surface area (Å²) in [5.74, 6) is 3.28. The van der Waals surface area contributed by atoms with Crippen LogP contribution in [0.3, 0.4) is 0 Å². The first-order valence-electron chi connectivity index (χ1n) is 24.6. The van der Waals surface area contributed by atoms with Gasteiger partial charge < -0.3 is 0 Å². The topological polar surface area (TPSA) is 55.5 Å². The fourth-order valence-corrected chi connectivity index (χ4v) is 17.4. The number of hydrogen-bond donors (Lipinski definition) is 2. The molecule has 2 aliphatic rings. The van der Waals surface area contributed by atoms with Gasteiger partial charge in [0, 0.05) is 0 Å². The van der Waals surface area contributed by atoms with Crippen molar-refractivity contribution in [3.8, 4) is 23.0 Å². The Kier molecular flexibility index (Phi) is 14.2. The van der Waals surface area contributed by atoms with Crippen LogP contribution in [-0.4, -0.2) is 38.8 Å². The van der Waals surface area contributed by atoms with Crippen LogP contribution < -0.4 is 35.6 Å². The second-order valence-corrected chi connectivity index (χ2v) is 23.6. The van der Waals surface area contributed by atoms with Gasteiger partial charge >= 0.3 is 426 Å². The Balaban J connectivity index is 1.16. The summed E-state index contributed by atoms with van der Waals surface area (Å²) in [5, 5.41) is 0. The molecule has 8 aromatic carbocycles. The van der Waals surface area contributed by atoms with Crippen LogP contribution >= 0.6 is 0 Å². The Morgan fingerprint density at radius 2 is 0.714 bits per heavy atom. The quantitative estimate of drug-likeness (QED) is 0.105. The Morgan fingerprint density at radius 1 is 0.400 bits per heavy atom. The second kappa shape index (κ2) is 21.2. The maximum absolute atomic E-state index is 6.77. The molecule has 0 amide bonds. The van der Waals surface area contributed by atoms with Gasteiger partial charge in [-0.2, -0.15) is 0 Å². The molecule has 353 valence electrons. The third kappa shape index (κ3) is 10.0. The molecule has 0 spiro atoms. The van der Waals surface area contributed by atoms with Crippen molar-refractivity contribution >= 4 is 22.7 Å². The van der Waals surface area contributed by atoms with Crippen molar-refractivity contribution in [3.63, 3.8) is 0 Å². The maximum atomic E-state index is 6.77. The Hall–Kier alpha value is -6.64. The summed E-state index contributed by atoms with van der Waals surface area (Å²) < 4.78 is 22.9. The first-order valence-corrected chi connectivity index (χ1v) is 28.4. The van der Waals surface area contributed by atoms with E-state index in [-0.39, 0.29) is 16.2 Å². The molecule has 10 rings (SSSR count). The van der Waals surface area contributed by atoms with Crippen LogP contribution in [0.25, 0.3) is 0 Å². The molecule has 8 nitrogen and oxygen atoms in total. The molecule has 0 bridgehead atoms. The minimum absolute atomic E-state index is 0.0606. The van der Waals surface area contributed by atoms with E-state index in [4.69, 9.17) is 9.47 Å². The number of nitrogens with zero attached hydrogens (tertiary/aromatic N) is 4. The van der Waals surface area contributed by atoms with Crippen molar-refractivity contribution in [2.75, 3.05) is 45.8 Å². The van der Waals surface area contributed by atoms with Gasteiger partial charge in [0.25, 0.3) is 0 Å². The van der Waals surface area contributed by atoms with Crippen LogP contribution in [0.15, 0.2) is 194 Å². The number of aryl methyl sites for hydroxylation is 6. The van der Waals surface area contributed by atoms with Gasteiger partial charge in [0.2, 0.25) is 0 Å². The molecule has 2 saturated heterocycles. The number of hydrogen-bond acceptors (Lipinski definition) is 8. The fraction of sp³-hybridized carbons (Fsp3) is 0.213. The molecule has 8 aromatic rings. The van der Waals surface area contributed by atoms with Crippen LogP contribution in [0.5, 0.6) is 23.0 Å². The summed E-state index contributed by atoms with van der Waals surface area (Å²) in [4.78, 5) is 10.3. The van der Waals surface area contributed by atoms with Crippen molar-refractivity contribution in [1.29, 1.82) is 0 Å². The fourth-order valence-electron chi connectivity index (χ4n) is 10.9. The summed E-state index contributed by atoms with van der Waals surface area (Å²) in [5.41, 5.74) is 14.9. The monoisotopic (exact) mass is 1000 g/mol. The molecule has 2 heterocycles. The first kappa shape index (κ1) is 47.1. The summed E-state index contributed by atoms with van der Waals surface area (Å²) in [6, 6.07) is 69.1. The Labute approximate surface area is 423 Å². The molecule has 0 radical (unpaired) electrons. The molecule has 0 aliphatic carbocycles. The van der Waals surface area contributed by atoms with E-state index in [2.05, 4.69) is 201 Å². The number of ether oxygens (including phenoxy) is 2. The van der Waals surface area contributed by atoms with Gasteiger partial charge in [-0.3, -0.25) is 0 Å². The minimum atomic E-state index is -3.47. The van der Waals surface area contributed by atoms with E-state index in [1.807, 2.05) is 60.7 Å². The number of anilines is 4. The van der Waals surface area contributed by atoms with Crippen molar-refractivity contribution in [2.45, 2.75) is 57.7 Å². The normalized spacial score (nSPS) is 15.8. The van der Waals surface area contributed by atoms with E-state index in [1.165, 1.54) is 55.9 Å². The summed E-state index contributed by atoms with van der Waals surface area (Å²) in [6.45, 7) is 16.7. The van der Waals surface area contributed by atoms with Gasteiger partial charge in [-0.1, -0.05) is 0 Å². The predicted octanol–water partition coefficient (Wildman–Crippen LogP) is 13.5. The molecule has 9 heteroatoms. The van der Waals surface area contributed by atoms with Crippen LogP contribution in [0.2, 0.25) is 0 Å². The predicted molar refractivity (Wildman–Crippen MR) is 285 cm³/mol. The number of benzene rings is 8. The van der Waals surface area contributed by atoms with E-state index in [0.29, 0.717) is 0 Å². The zero-order valence-electron chi connectivity index (χ0n) is 41.1. The van der Waals surface area contributed by atoms with Crippen LogP contribution in [-0.2, 0) is 22.3 Å². The number of nitrogens with one attached hydrogen (secondary N) is 2. The molecule has 0 aromatic heterocycles. The van der Waals surface area contributed by atoms with Crippen LogP contribution in [0.1, 0.15) is 48.1 Å². The molecule has 70 heavy (non-hydrogen) atoms. The molecule has 2 fully saturated rings. The molecular formula is C61H63N6O2Zr. The summed E-state index contributed by atoms with van der Waals surface area (Å²) in [7, 11) is 0. The Bertz CT molecular complexity index is 2780. The van der Waals surface area contributed by atoms with Crippen molar-refractivity contribution in [2.24, 2.45) is 0 Å². The molecule has 2 atom stereocenters. The van der Waals surface area contributed by atoms with Gasteiger partial charge in [0.15, 0.2) is 0 Å². The second-order valence-electron chi connectivity index (χ2n) is 18.7. The third-order valence-corrected chi connectivity index (χ3v) is 19.5. The van der Waals surface area contributed by atoms with Gasteiger partial charge in [-0.05, 0) is 0 Å². The Morgan fingerprint density at radius 3 is 1.09 bits per heavy atom. The van der Waals surface area contributed by atoms with E-state index in [9.17, 15) is 0 Å². The van der Waals surface area contributed by atoms with Gasteiger partial charge in [0.1, 0.15) is 0 Å². The van der Waals surface area contributed by atoms with Gasteiger partial charge in [0.05, 0.1) is 0 Å². The molecule has 2 aliphatic heterocycles.